The van der Waals surface area contributed by atoms with Crippen molar-refractivity contribution in [3.05, 3.63) is 29.8 Å². The number of hydrogen-bond donors (Lipinski definition) is 3. The van der Waals surface area contributed by atoms with Gasteiger partial charge in [-0.25, -0.2) is 4.79 Å². The molecule has 0 bridgehead atoms. The molecule has 0 saturated carbocycles. The largest absolute Gasteiger partial charge is 0.464 e. The summed E-state index contributed by atoms with van der Waals surface area (Å²) in [5, 5.41) is 8.39. The first-order valence-corrected chi connectivity index (χ1v) is 8.22. The molecule has 9 heteroatoms. The molecule has 0 aliphatic carbocycles. The third kappa shape index (κ3) is 6.29. The topological polar surface area (TPSA) is 106 Å². The van der Waals surface area contributed by atoms with Crippen LogP contribution in [-0.2, 0) is 19.1 Å². The Bertz CT molecular complexity index is 617. The van der Waals surface area contributed by atoms with Gasteiger partial charge in [-0.1, -0.05) is 0 Å². The van der Waals surface area contributed by atoms with Gasteiger partial charge in [0.05, 0.1) is 13.2 Å². The van der Waals surface area contributed by atoms with Gasteiger partial charge in [-0.15, -0.1) is 12.4 Å². The summed E-state index contributed by atoms with van der Waals surface area (Å²) >= 11 is 0. The number of ether oxygens (including phenoxy) is 2. The predicted molar refractivity (Wildman–Crippen MR) is 98.5 cm³/mol. The van der Waals surface area contributed by atoms with Crippen LogP contribution in [0, 0.1) is 0 Å². The van der Waals surface area contributed by atoms with Gasteiger partial charge >= 0.3 is 5.97 Å². The second-order valence-corrected chi connectivity index (χ2v) is 5.58. The third-order valence-electron chi connectivity index (χ3n) is 3.62. The highest BCUT2D eigenvalue weighted by Crippen LogP contribution is 2.11. The van der Waals surface area contributed by atoms with Gasteiger partial charge in [0, 0.05) is 24.3 Å². The van der Waals surface area contributed by atoms with Gasteiger partial charge in [0.1, 0.15) is 12.1 Å². The lowest BCUT2D eigenvalue weighted by Crippen LogP contribution is -2.45. The van der Waals surface area contributed by atoms with Gasteiger partial charge in [-0.3, -0.25) is 9.59 Å². The predicted octanol–water partition coefficient (Wildman–Crippen LogP) is 0.717. The number of benzene rings is 1. The maximum Gasteiger partial charge on any atom is 0.328 e. The van der Waals surface area contributed by atoms with Crippen LogP contribution in [-0.4, -0.2) is 56.2 Å². The fourth-order valence-corrected chi connectivity index (χ4v) is 2.27. The molecule has 1 heterocycles. The zero-order chi connectivity index (χ0) is 18.2. The molecular formula is C17H24ClN3O5. The van der Waals surface area contributed by atoms with Crippen molar-refractivity contribution in [2.24, 2.45) is 0 Å². The molecule has 0 radical (unpaired) electrons. The molecule has 144 valence electrons. The smallest absolute Gasteiger partial charge is 0.328 e. The van der Waals surface area contributed by atoms with Crippen molar-refractivity contribution in [2.75, 3.05) is 31.6 Å². The molecule has 2 unspecified atom stereocenters. The van der Waals surface area contributed by atoms with E-state index in [1.807, 2.05) is 0 Å². The quantitative estimate of drug-likeness (QED) is 0.623. The van der Waals surface area contributed by atoms with E-state index >= 15 is 0 Å². The van der Waals surface area contributed by atoms with Crippen LogP contribution in [0.15, 0.2) is 24.3 Å². The first-order valence-electron chi connectivity index (χ1n) is 8.22. The maximum atomic E-state index is 12.1. The van der Waals surface area contributed by atoms with E-state index in [0.29, 0.717) is 24.4 Å². The van der Waals surface area contributed by atoms with E-state index in [1.165, 1.54) is 0 Å². The number of amides is 2. The molecule has 1 aliphatic heterocycles. The van der Waals surface area contributed by atoms with E-state index in [2.05, 4.69) is 16.0 Å². The van der Waals surface area contributed by atoms with Crippen LogP contribution in [0.2, 0.25) is 0 Å². The van der Waals surface area contributed by atoms with Crippen LogP contribution < -0.4 is 16.0 Å². The molecule has 1 aliphatic rings. The van der Waals surface area contributed by atoms with Crippen molar-refractivity contribution < 1.29 is 23.9 Å². The Kier molecular flexibility index (Phi) is 9.04. The van der Waals surface area contributed by atoms with Crippen molar-refractivity contribution >= 4 is 35.9 Å². The number of carbonyl (C=O) groups excluding carboxylic acids is 3. The minimum absolute atomic E-state index is 0. The number of rotatable bonds is 6. The highest BCUT2D eigenvalue weighted by molar-refractivity contribution is 5.98. The minimum atomic E-state index is -0.734. The average Bonchev–Trinajstić information content (AvgIpc) is 2.63. The molecule has 26 heavy (non-hydrogen) atoms. The molecule has 8 nitrogen and oxygen atoms in total. The highest BCUT2D eigenvalue weighted by atomic mass is 35.5. The van der Waals surface area contributed by atoms with E-state index in [-0.39, 0.29) is 24.9 Å². The van der Waals surface area contributed by atoms with Crippen LogP contribution in [0.25, 0.3) is 0 Å². The Balaban J connectivity index is 0.00000338. The lowest BCUT2D eigenvalue weighted by Gasteiger charge is -2.22. The van der Waals surface area contributed by atoms with Crippen molar-refractivity contribution in [1.82, 2.24) is 10.6 Å². The fourth-order valence-electron chi connectivity index (χ4n) is 2.27. The molecule has 2 rings (SSSR count). The molecule has 1 saturated heterocycles. The normalized spacial score (nSPS) is 17.4. The monoisotopic (exact) mass is 385 g/mol. The maximum absolute atomic E-state index is 12.1. The molecule has 0 aromatic heterocycles. The molecule has 1 aromatic carbocycles. The molecule has 0 spiro atoms. The van der Waals surface area contributed by atoms with Crippen LogP contribution >= 0.6 is 12.4 Å². The molecule has 3 N–H and O–H groups in total. The highest BCUT2D eigenvalue weighted by Gasteiger charge is 2.22. The molecular weight excluding hydrogens is 362 g/mol. The van der Waals surface area contributed by atoms with E-state index in [9.17, 15) is 14.4 Å². The number of hydrogen-bond acceptors (Lipinski definition) is 6. The van der Waals surface area contributed by atoms with Crippen LogP contribution in [0.3, 0.4) is 0 Å². The van der Waals surface area contributed by atoms with Gasteiger partial charge in [0.2, 0.25) is 0 Å². The van der Waals surface area contributed by atoms with Gasteiger partial charge in [-0.2, -0.15) is 0 Å². The van der Waals surface area contributed by atoms with Crippen molar-refractivity contribution in [1.29, 1.82) is 0 Å². The molecule has 2 atom stereocenters. The van der Waals surface area contributed by atoms with Gasteiger partial charge in [0.15, 0.2) is 0 Å². The fraction of sp³-hybridized carbons (Fsp3) is 0.471. The number of esters is 1. The summed E-state index contributed by atoms with van der Waals surface area (Å²) in [6.07, 6.45) is -0.526. The average molecular weight is 386 g/mol. The van der Waals surface area contributed by atoms with Crippen LogP contribution in [0.1, 0.15) is 24.2 Å². The number of carbonyl (C=O) groups is 3. The van der Waals surface area contributed by atoms with E-state index in [4.69, 9.17) is 9.47 Å². The van der Waals surface area contributed by atoms with Gasteiger partial charge in [-0.05, 0) is 38.1 Å². The lowest BCUT2D eigenvalue weighted by molar-refractivity contribution is -0.144. The first kappa shape index (κ1) is 21.9. The zero-order valence-electron chi connectivity index (χ0n) is 14.7. The molecule has 1 fully saturated rings. The summed E-state index contributed by atoms with van der Waals surface area (Å²) in [5.74, 6) is -1.11. The summed E-state index contributed by atoms with van der Waals surface area (Å²) in [7, 11) is 0. The van der Waals surface area contributed by atoms with Crippen molar-refractivity contribution in [2.45, 2.75) is 26.0 Å². The van der Waals surface area contributed by atoms with Crippen molar-refractivity contribution in [3.8, 4) is 0 Å². The summed E-state index contributed by atoms with van der Waals surface area (Å²) in [6.45, 7) is 5.22. The second kappa shape index (κ2) is 10.7. The van der Waals surface area contributed by atoms with Crippen LogP contribution in [0.5, 0.6) is 0 Å². The Morgan fingerprint density at radius 3 is 2.58 bits per heavy atom. The zero-order valence-corrected chi connectivity index (χ0v) is 15.6. The first-order chi connectivity index (χ1) is 12.0. The molecule has 1 aromatic rings. The van der Waals surface area contributed by atoms with E-state index in [0.717, 1.165) is 6.54 Å². The van der Waals surface area contributed by atoms with Crippen LogP contribution in [0.4, 0.5) is 5.69 Å². The SMILES string of the molecule is CCOC(=O)C(C)NC(=O)c1ccc(NC(=O)C2CNCCO2)cc1.Cl. The van der Waals surface area contributed by atoms with Gasteiger partial charge in [0.25, 0.3) is 11.8 Å². The summed E-state index contributed by atoms with van der Waals surface area (Å²) in [5.41, 5.74) is 0.943. The second-order valence-electron chi connectivity index (χ2n) is 5.58. The Morgan fingerprint density at radius 2 is 2.00 bits per heavy atom. The van der Waals surface area contributed by atoms with E-state index in [1.54, 1.807) is 38.1 Å². The minimum Gasteiger partial charge on any atom is -0.464 e. The summed E-state index contributed by atoms with van der Waals surface area (Å²) < 4.78 is 10.2. The van der Waals surface area contributed by atoms with Crippen molar-refractivity contribution in [3.63, 3.8) is 0 Å². The number of nitrogens with one attached hydrogen (secondary N) is 3. The number of morpholine rings is 1. The summed E-state index contributed by atoms with van der Waals surface area (Å²) in [4.78, 5) is 35.7. The molecule has 2 amide bonds. The van der Waals surface area contributed by atoms with Gasteiger partial charge < -0.3 is 25.4 Å². The third-order valence-corrected chi connectivity index (χ3v) is 3.62. The van der Waals surface area contributed by atoms with E-state index < -0.39 is 24.0 Å². The summed E-state index contributed by atoms with van der Waals surface area (Å²) in [6, 6.07) is 5.66. The number of halogens is 1. The standard InChI is InChI=1S/C17H23N3O5.ClH/c1-3-24-17(23)11(2)19-15(21)12-4-6-13(7-5-12)20-16(22)14-10-18-8-9-25-14;/h4-7,11,14,18H,3,8-10H2,1-2H3,(H,19,21)(H,20,22);1H. The Hall–Kier alpha value is -2.16. The number of anilines is 1. The Morgan fingerprint density at radius 1 is 1.31 bits per heavy atom. The lowest BCUT2D eigenvalue weighted by atomic mass is 10.1. The Labute approximate surface area is 158 Å².